The van der Waals surface area contributed by atoms with Gasteiger partial charge in [0.2, 0.25) is 5.71 Å². The quantitative estimate of drug-likeness (QED) is 0.259. The maximum Gasteiger partial charge on any atom is 0.231 e. The number of hydrogen-bond acceptors (Lipinski definition) is 5. The molecule has 4 aromatic carbocycles. The molecule has 0 saturated heterocycles. The zero-order valence-electron chi connectivity index (χ0n) is 19.1. The van der Waals surface area contributed by atoms with Crippen LogP contribution in [-0.2, 0) is 5.41 Å². The maximum absolute atomic E-state index is 6.33. The molecule has 3 heterocycles. The van der Waals surface area contributed by atoms with Crippen LogP contribution in [0.1, 0.15) is 26.3 Å². The topological polar surface area (TPSA) is 65.0 Å². The Hall–Kier alpha value is -4.25. The third-order valence-corrected chi connectivity index (χ3v) is 6.67. The summed E-state index contributed by atoms with van der Waals surface area (Å²) in [5.74, 6) is 0. The van der Waals surface area contributed by atoms with Crippen molar-refractivity contribution in [3.63, 3.8) is 0 Å². The lowest BCUT2D eigenvalue weighted by Gasteiger charge is -2.22. The Morgan fingerprint density at radius 1 is 0.735 bits per heavy atom. The first kappa shape index (κ1) is 19.2. The van der Waals surface area contributed by atoms with Crippen molar-refractivity contribution >= 4 is 54.7 Å². The van der Waals surface area contributed by atoms with Crippen LogP contribution in [0, 0.1) is 0 Å². The molecule has 34 heavy (non-hydrogen) atoms. The number of rotatable bonds is 1. The molecule has 5 heteroatoms. The van der Waals surface area contributed by atoms with E-state index in [0.29, 0.717) is 5.71 Å². The van der Waals surface area contributed by atoms with Crippen molar-refractivity contribution in [3.8, 4) is 11.3 Å². The normalized spacial score (nSPS) is 12.6. The molecular weight excluding hydrogens is 422 g/mol. The Kier molecular flexibility index (Phi) is 3.76. The van der Waals surface area contributed by atoms with E-state index in [4.69, 9.17) is 13.8 Å². The molecule has 0 saturated carbocycles. The molecular formula is C29H21N3O2. The minimum absolute atomic E-state index is 0.0150. The molecule has 0 aliphatic heterocycles. The van der Waals surface area contributed by atoms with Gasteiger partial charge in [0.1, 0.15) is 17.4 Å². The lowest BCUT2D eigenvalue weighted by molar-refractivity contribution is 0.596. The number of fused-ring (bicyclic) bond motifs is 8. The molecule has 3 aromatic heterocycles. The summed E-state index contributed by atoms with van der Waals surface area (Å²) in [7, 11) is 0. The average molecular weight is 444 g/mol. The molecule has 0 N–H and O–H groups in total. The second-order valence-electron chi connectivity index (χ2n) is 9.80. The van der Waals surface area contributed by atoms with Crippen molar-refractivity contribution in [1.82, 2.24) is 15.0 Å². The summed E-state index contributed by atoms with van der Waals surface area (Å²) in [6.07, 6.45) is 3.06. The Morgan fingerprint density at radius 3 is 2.41 bits per heavy atom. The van der Waals surface area contributed by atoms with E-state index in [1.54, 1.807) is 6.33 Å². The third kappa shape index (κ3) is 2.64. The summed E-state index contributed by atoms with van der Waals surface area (Å²) < 4.78 is 12.0. The molecule has 5 nitrogen and oxygen atoms in total. The van der Waals surface area contributed by atoms with Gasteiger partial charge in [-0.05, 0) is 58.1 Å². The number of nitrogens with zero attached hydrogens (tertiary/aromatic N) is 3. The fourth-order valence-electron chi connectivity index (χ4n) is 5.08. The number of oxazole rings is 1. The predicted molar refractivity (Wildman–Crippen MR) is 136 cm³/mol. The minimum atomic E-state index is -0.0150. The molecule has 0 amide bonds. The van der Waals surface area contributed by atoms with Crippen LogP contribution >= 0.6 is 0 Å². The molecule has 0 aliphatic carbocycles. The number of hydrogen-bond donors (Lipinski definition) is 0. The van der Waals surface area contributed by atoms with E-state index >= 15 is 0 Å². The van der Waals surface area contributed by atoms with Crippen LogP contribution in [0.15, 0.2) is 82.2 Å². The predicted octanol–water partition coefficient (Wildman–Crippen LogP) is 7.79. The fourth-order valence-corrected chi connectivity index (χ4v) is 5.08. The Labute approximate surface area is 195 Å². The van der Waals surface area contributed by atoms with Crippen molar-refractivity contribution in [2.75, 3.05) is 0 Å². The maximum atomic E-state index is 6.33. The van der Waals surface area contributed by atoms with Gasteiger partial charge < -0.3 is 8.83 Å². The zero-order valence-corrected chi connectivity index (χ0v) is 19.1. The van der Waals surface area contributed by atoms with Gasteiger partial charge >= 0.3 is 0 Å². The van der Waals surface area contributed by atoms with Crippen LogP contribution in [0.25, 0.3) is 66.0 Å². The second kappa shape index (κ2) is 6.64. The summed E-state index contributed by atoms with van der Waals surface area (Å²) in [5.41, 5.74) is 6.16. The van der Waals surface area contributed by atoms with E-state index in [1.807, 2.05) is 12.1 Å². The molecule has 164 valence electrons. The number of benzene rings is 4. The van der Waals surface area contributed by atoms with E-state index < -0.39 is 0 Å². The van der Waals surface area contributed by atoms with E-state index in [1.165, 1.54) is 22.7 Å². The smallest absolute Gasteiger partial charge is 0.231 e. The van der Waals surface area contributed by atoms with Crippen LogP contribution in [0.4, 0.5) is 0 Å². The first-order valence-corrected chi connectivity index (χ1v) is 11.3. The van der Waals surface area contributed by atoms with E-state index in [-0.39, 0.29) is 5.41 Å². The zero-order chi connectivity index (χ0) is 23.0. The van der Waals surface area contributed by atoms with Gasteiger partial charge in [-0.25, -0.2) is 15.0 Å². The summed E-state index contributed by atoms with van der Waals surface area (Å²) in [4.78, 5) is 13.5. The van der Waals surface area contributed by atoms with Crippen LogP contribution in [0.3, 0.4) is 0 Å². The van der Waals surface area contributed by atoms with Crippen LogP contribution in [0.2, 0.25) is 0 Å². The van der Waals surface area contributed by atoms with Crippen molar-refractivity contribution < 1.29 is 8.83 Å². The summed E-state index contributed by atoms with van der Waals surface area (Å²) in [5, 5.41) is 6.32. The Bertz CT molecular complexity index is 1900. The van der Waals surface area contributed by atoms with Crippen molar-refractivity contribution in [2.24, 2.45) is 0 Å². The minimum Gasteiger partial charge on any atom is -0.443 e. The molecule has 0 aliphatic rings. The standard InChI is InChI=1S/C29H21N3O2/c1-29(2,3)22-13-17(12-16-6-4-5-7-18(16)22)25-24-21-9-8-20-19(10-11-23-27(20)33-15-32-23)26(21)34-28(24)31-14-30-25/h4-15H,1-3H3. The first-order chi connectivity index (χ1) is 16.5. The SMILES string of the molecule is CC(C)(C)c1cc(-c2ncnc3oc4c5ccc6ncoc6c5ccc4c23)cc2ccccc12. The largest absolute Gasteiger partial charge is 0.443 e. The van der Waals surface area contributed by atoms with Crippen molar-refractivity contribution in [3.05, 3.63) is 78.9 Å². The van der Waals surface area contributed by atoms with E-state index in [9.17, 15) is 0 Å². The first-order valence-electron chi connectivity index (χ1n) is 11.3. The monoisotopic (exact) mass is 443 g/mol. The van der Waals surface area contributed by atoms with Gasteiger partial charge in [0, 0.05) is 21.7 Å². The second-order valence-corrected chi connectivity index (χ2v) is 9.80. The average Bonchev–Trinajstić information content (AvgIpc) is 3.47. The molecule has 0 radical (unpaired) electrons. The summed E-state index contributed by atoms with van der Waals surface area (Å²) in [6, 6.07) is 21.1. The highest BCUT2D eigenvalue weighted by molar-refractivity contribution is 6.21. The van der Waals surface area contributed by atoms with Gasteiger partial charge in [-0.1, -0.05) is 45.0 Å². The third-order valence-electron chi connectivity index (χ3n) is 6.67. The molecule has 0 bridgehead atoms. The summed E-state index contributed by atoms with van der Waals surface area (Å²) >= 11 is 0. The van der Waals surface area contributed by atoms with Crippen LogP contribution in [0.5, 0.6) is 0 Å². The van der Waals surface area contributed by atoms with Gasteiger partial charge in [0.15, 0.2) is 12.0 Å². The lowest BCUT2D eigenvalue weighted by Crippen LogP contribution is -2.12. The summed E-state index contributed by atoms with van der Waals surface area (Å²) in [6.45, 7) is 6.74. The van der Waals surface area contributed by atoms with E-state index in [0.717, 1.165) is 49.5 Å². The molecule has 7 aromatic rings. The number of aromatic nitrogens is 3. The van der Waals surface area contributed by atoms with Gasteiger partial charge in [-0.3, -0.25) is 0 Å². The van der Waals surface area contributed by atoms with Crippen LogP contribution in [-0.4, -0.2) is 15.0 Å². The van der Waals surface area contributed by atoms with Gasteiger partial charge in [-0.2, -0.15) is 0 Å². The van der Waals surface area contributed by atoms with Gasteiger partial charge in [-0.15, -0.1) is 0 Å². The molecule has 0 unspecified atom stereocenters. The molecule has 0 spiro atoms. The van der Waals surface area contributed by atoms with Crippen molar-refractivity contribution in [1.29, 1.82) is 0 Å². The fraction of sp³-hybridized carbons (Fsp3) is 0.138. The Balaban J connectivity index is 1.58. The Morgan fingerprint density at radius 2 is 1.53 bits per heavy atom. The van der Waals surface area contributed by atoms with Crippen molar-refractivity contribution in [2.45, 2.75) is 26.2 Å². The molecule has 0 fully saturated rings. The number of furan rings is 1. The highest BCUT2D eigenvalue weighted by atomic mass is 16.3. The molecule has 0 atom stereocenters. The van der Waals surface area contributed by atoms with E-state index in [2.05, 4.69) is 79.3 Å². The van der Waals surface area contributed by atoms with Gasteiger partial charge in [0.05, 0.1) is 11.1 Å². The van der Waals surface area contributed by atoms with Crippen LogP contribution < -0.4 is 0 Å². The molecule has 7 rings (SSSR count). The highest BCUT2D eigenvalue weighted by Gasteiger charge is 2.22. The highest BCUT2D eigenvalue weighted by Crippen LogP contribution is 2.41. The lowest BCUT2D eigenvalue weighted by atomic mass is 9.82. The van der Waals surface area contributed by atoms with Gasteiger partial charge in [0.25, 0.3) is 0 Å².